The van der Waals surface area contributed by atoms with Crippen molar-refractivity contribution < 1.29 is 9.53 Å². The van der Waals surface area contributed by atoms with E-state index in [0.29, 0.717) is 13.2 Å². The predicted molar refractivity (Wildman–Crippen MR) is 82.2 cm³/mol. The molecule has 1 heterocycles. The van der Waals surface area contributed by atoms with Crippen LogP contribution in [-0.2, 0) is 11.3 Å². The molecule has 0 bridgehead atoms. The molecule has 0 spiro atoms. The summed E-state index contributed by atoms with van der Waals surface area (Å²) in [6.45, 7) is 1.24. The minimum absolute atomic E-state index is 0.0938. The third-order valence-corrected chi connectivity index (χ3v) is 3.90. The van der Waals surface area contributed by atoms with Crippen molar-refractivity contribution in [1.82, 2.24) is 4.90 Å². The summed E-state index contributed by atoms with van der Waals surface area (Å²) in [7, 11) is 1.87. The lowest BCUT2D eigenvalue weighted by Gasteiger charge is -2.28. The first-order valence-electron chi connectivity index (χ1n) is 7.26. The molecule has 108 valence electrons. The molecule has 3 rings (SSSR count). The highest BCUT2D eigenvalue weighted by Gasteiger charge is 2.29. The van der Waals surface area contributed by atoms with Gasteiger partial charge in [-0.15, -0.1) is 0 Å². The first-order chi connectivity index (χ1) is 10.3. The number of hydrogen-bond acceptors (Lipinski definition) is 2. The van der Waals surface area contributed by atoms with Crippen molar-refractivity contribution in [3.63, 3.8) is 0 Å². The molecule has 1 amide bonds. The molecule has 0 saturated heterocycles. The number of likely N-dealkylation sites (N-methyl/N-ethyl adjacent to an activating group) is 1. The lowest BCUT2D eigenvalue weighted by atomic mass is 9.92. The van der Waals surface area contributed by atoms with Crippen molar-refractivity contribution in [1.29, 1.82) is 0 Å². The van der Waals surface area contributed by atoms with Crippen molar-refractivity contribution in [3.8, 4) is 5.75 Å². The first-order valence-corrected chi connectivity index (χ1v) is 7.26. The minimum Gasteiger partial charge on any atom is -0.493 e. The summed E-state index contributed by atoms with van der Waals surface area (Å²) in [6.07, 6.45) is 0.745. The molecule has 3 heteroatoms. The van der Waals surface area contributed by atoms with Crippen LogP contribution in [-0.4, -0.2) is 24.5 Å². The quantitative estimate of drug-likeness (QED) is 0.864. The third-order valence-electron chi connectivity index (χ3n) is 3.90. The second-order valence-corrected chi connectivity index (χ2v) is 5.41. The van der Waals surface area contributed by atoms with Crippen molar-refractivity contribution >= 4 is 5.91 Å². The van der Waals surface area contributed by atoms with Gasteiger partial charge in [0.15, 0.2) is 0 Å². The summed E-state index contributed by atoms with van der Waals surface area (Å²) < 4.78 is 5.63. The van der Waals surface area contributed by atoms with Gasteiger partial charge in [0.25, 0.3) is 0 Å². The highest BCUT2D eigenvalue weighted by Crippen LogP contribution is 2.34. The predicted octanol–water partition coefficient (Wildman–Crippen LogP) is 3.21. The van der Waals surface area contributed by atoms with E-state index in [4.69, 9.17) is 4.74 Å². The van der Waals surface area contributed by atoms with Gasteiger partial charge in [0, 0.05) is 19.2 Å². The lowest BCUT2D eigenvalue weighted by molar-refractivity contribution is -0.132. The molecule has 3 nitrogen and oxygen atoms in total. The molecule has 0 saturated carbocycles. The number of ether oxygens (including phenoxy) is 1. The Hall–Kier alpha value is -2.29. The van der Waals surface area contributed by atoms with Crippen LogP contribution < -0.4 is 4.74 Å². The van der Waals surface area contributed by atoms with Crippen LogP contribution >= 0.6 is 0 Å². The molecule has 2 aromatic carbocycles. The molecular weight excluding hydrogens is 262 g/mol. The summed E-state index contributed by atoms with van der Waals surface area (Å²) in [5.41, 5.74) is 2.15. The number of carbonyl (C=O) groups excluding carboxylic acids is 1. The summed E-state index contributed by atoms with van der Waals surface area (Å²) in [4.78, 5) is 14.5. The largest absolute Gasteiger partial charge is 0.493 e. The molecule has 0 fully saturated rings. The van der Waals surface area contributed by atoms with Crippen LogP contribution in [0.25, 0.3) is 0 Å². The highest BCUT2D eigenvalue weighted by atomic mass is 16.5. The van der Waals surface area contributed by atoms with E-state index in [0.717, 1.165) is 23.3 Å². The lowest BCUT2D eigenvalue weighted by Crippen LogP contribution is -2.33. The average molecular weight is 281 g/mol. The van der Waals surface area contributed by atoms with E-state index in [9.17, 15) is 4.79 Å². The van der Waals surface area contributed by atoms with Crippen molar-refractivity contribution in [2.75, 3.05) is 13.7 Å². The van der Waals surface area contributed by atoms with Crippen LogP contribution in [0, 0.1) is 0 Å². The van der Waals surface area contributed by atoms with Crippen LogP contribution in [0.1, 0.15) is 23.5 Å². The molecule has 0 N–H and O–H groups in total. The molecule has 0 aliphatic carbocycles. The second kappa shape index (κ2) is 6.00. The van der Waals surface area contributed by atoms with Gasteiger partial charge in [-0.05, 0) is 18.1 Å². The number of benzene rings is 2. The van der Waals surface area contributed by atoms with E-state index in [1.54, 1.807) is 0 Å². The van der Waals surface area contributed by atoms with Crippen LogP contribution in [0.4, 0.5) is 0 Å². The van der Waals surface area contributed by atoms with Gasteiger partial charge in [0.1, 0.15) is 5.75 Å². The van der Waals surface area contributed by atoms with Gasteiger partial charge in [-0.3, -0.25) is 4.79 Å². The van der Waals surface area contributed by atoms with Crippen LogP contribution in [0.5, 0.6) is 5.75 Å². The van der Waals surface area contributed by atoms with E-state index in [-0.39, 0.29) is 11.8 Å². The van der Waals surface area contributed by atoms with Gasteiger partial charge in [0.05, 0.1) is 12.5 Å². The third kappa shape index (κ3) is 2.92. The summed E-state index contributed by atoms with van der Waals surface area (Å²) >= 11 is 0. The fourth-order valence-electron chi connectivity index (χ4n) is 2.80. The number of nitrogens with zero attached hydrogens (tertiary/aromatic N) is 1. The van der Waals surface area contributed by atoms with Gasteiger partial charge in [-0.1, -0.05) is 48.5 Å². The molecule has 0 radical (unpaired) electrons. The summed E-state index contributed by atoms with van der Waals surface area (Å²) in [6, 6.07) is 17.9. The minimum atomic E-state index is -0.0938. The monoisotopic (exact) mass is 281 g/mol. The number of hydrogen-bond donors (Lipinski definition) is 0. The molecule has 1 aliphatic rings. The van der Waals surface area contributed by atoms with Crippen molar-refractivity contribution in [2.24, 2.45) is 0 Å². The highest BCUT2D eigenvalue weighted by molar-refractivity contribution is 5.84. The van der Waals surface area contributed by atoms with Gasteiger partial charge in [-0.2, -0.15) is 0 Å². The Morgan fingerprint density at radius 3 is 2.67 bits per heavy atom. The molecule has 21 heavy (non-hydrogen) atoms. The van der Waals surface area contributed by atoms with Gasteiger partial charge < -0.3 is 9.64 Å². The van der Waals surface area contributed by atoms with Crippen LogP contribution in [0.3, 0.4) is 0 Å². The maximum absolute atomic E-state index is 12.7. The average Bonchev–Trinajstić information content (AvgIpc) is 2.54. The topological polar surface area (TPSA) is 29.5 Å². The van der Waals surface area contributed by atoms with E-state index in [1.807, 2.05) is 66.5 Å². The van der Waals surface area contributed by atoms with Gasteiger partial charge in [0.2, 0.25) is 5.91 Å². The van der Waals surface area contributed by atoms with Crippen molar-refractivity contribution in [2.45, 2.75) is 18.9 Å². The zero-order valence-corrected chi connectivity index (χ0v) is 12.2. The molecule has 1 aliphatic heterocycles. The number of carbonyl (C=O) groups is 1. The number of fused-ring (bicyclic) bond motifs is 1. The number of rotatable bonds is 3. The zero-order chi connectivity index (χ0) is 14.7. The molecule has 0 aromatic heterocycles. The number of amides is 1. The smallest absolute Gasteiger partial charge is 0.230 e. The van der Waals surface area contributed by atoms with E-state index < -0.39 is 0 Å². The summed E-state index contributed by atoms with van der Waals surface area (Å²) in [5.74, 6) is 0.911. The zero-order valence-electron chi connectivity index (χ0n) is 12.2. The Morgan fingerprint density at radius 2 is 1.86 bits per heavy atom. The van der Waals surface area contributed by atoms with E-state index in [2.05, 4.69) is 0 Å². The second-order valence-electron chi connectivity index (χ2n) is 5.41. The Kier molecular flexibility index (Phi) is 3.91. The van der Waals surface area contributed by atoms with E-state index in [1.165, 1.54) is 0 Å². The molecule has 2 aromatic rings. The molecular formula is C18H19NO2. The molecule has 1 atom stereocenters. The Bertz CT molecular complexity index is 624. The van der Waals surface area contributed by atoms with Gasteiger partial charge >= 0.3 is 0 Å². The van der Waals surface area contributed by atoms with Crippen molar-refractivity contribution in [3.05, 3.63) is 65.7 Å². The van der Waals surface area contributed by atoms with Crippen LogP contribution in [0.15, 0.2) is 54.6 Å². The Balaban J connectivity index is 1.77. The van der Waals surface area contributed by atoms with E-state index >= 15 is 0 Å². The number of para-hydroxylation sites is 1. The molecule has 1 unspecified atom stereocenters. The van der Waals surface area contributed by atoms with Crippen LogP contribution in [0.2, 0.25) is 0 Å². The standard InChI is InChI=1S/C18H19NO2/c1-19(13-14-7-3-2-4-8-14)18(20)16-11-12-21-17-10-6-5-9-15(16)17/h2-10,16H,11-13H2,1H3. The Morgan fingerprint density at radius 1 is 1.14 bits per heavy atom. The maximum atomic E-state index is 12.7. The first kappa shape index (κ1) is 13.7. The maximum Gasteiger partial charge on any atom is 0.230 e. The Labute approximate surface area is 125 Å². The fourth-order valence-corrected chi connectivity index (χ4v) is 2.80. The normalized spacial score (nSPS) is 16.7. The fraction of sp³-hybridized carbons (Fsp3) is 0.278. The van der Waals surface area contributed by atoms with Gasteiger partial charge in [-0.25, -0.2) is 0 Å². The summed E-state index contributed by atoms with van der Waals surface area (Å²) in [5, 5.41) is 0. The SMILES string of the molecule is CN(Cc1ccccc1)C(=O)C1CCOc2ccccc21.